The quantitative estimate of drug-likeness (QED) is 0.183. The molecule has 0 fully saturated rings. The lowest BCUT2D eigenvalue weighted by atomic mass is 9.79. The van der Waals surface area contributed by atoms with Gasteiger partial charge in [-0.05, 0) is 69.8 Å². The Morgan fingerprint density at radius 1 is 0.442 bits per heavy atom. The minimum atomic E-state index is -0.125. The van der Waals surface area contributed by atoms with Gasteiger partial charge in [-0.25, -0.2) is 9.97 Å². The van der Waals surface area contributed by atoms with Crippen molar-refractivity contribution >= 4 is 21.8 Å². The first-order valence-electron chi connectivity index (χ1n) is 17.9. The number of fused-ring (bicyclic) bond motifs is 6. The van der Waals surface area contributed by atoms with Gasteiger partial charge in [0, 0.05) is 38.6 Å². The first kappa shape index (κ1) is 30.3. The second kappa shape index (κ2) is 11.8. The lowest BCUT2D eigenvalue weighted by molar-refractivity contribution is 0.662. The summed E-state index contributed by atoms with van der Waals surface area (Å²) in [5.41, 5.74) is 16.1. The van der Waals surface area contributed by atoms with Gasteiger partial charge < -0.3 is 4.57 Å². The minimum Gasteiger partial charge on any atom is -0.309 e. The van der Waals surface area contributed by atoms with Crippen molar-refractivity contribution in [2.75, 3.05) is 0 Å². The molecule has 10 rings (SSSR count). The molecule has 2 heterocycles. The van der Waals surface area contributed by atoms with E-state index in [1.807, 2.05) is 12.1 Å². The van der Waals surface area contributed by atoms with Crippen LogP contribution in [0, 0.1) is 0 Å². The van der Waals surface area contributed by atoms with Gasteiger partial charge in [0.2, 0.25) is 0 Å². The van der Waals surface area contributed by atoms with Gasteiger partial charge in [-0.15, -0.1) is 0 Å². The Bertz CT molecular complexity index is 2740. The maximum absolute atomic E-state index is 5.29. The van der Waals surface area contributed by atoms with Crippen LogP contribution in [0.5, 0.6) is 0 Å². The van der Waals surface area contributed by atoms with Crippen LogP contribution in [-0.4, -0.2) is 14.5 Å². The van der Waals surface area contributed by atoms with Crippen LogP contribution in [0.2, 0.25) is 0 Å². The zero-order valence-electron chi connectivity index (χ0n) is 29.1. The Kier molecular flexibility index (Phi) is 6.84. The van der Waals surface area contributed by atoms with Crippen LogP contribution in [0.1, 0.15) is 25.0 Å². The molecule has 9 aromatic rings. The molecule has 3 heteroatoms. The molecule has 0 bridgehead atoms. The van der Waals surface area contributed by atoms with E-state index in [2.05, 4.69) is 182 Å². The van der Waals surface area contributed by atoms with Crippen LogP contribution in [-0.2, 0) is 5.41 Å². The summed E-state index contributed by atoms with van der Waals surface area (Å²) < 4.78 is 2.38. The van der Waals surface area contributed by atoms with Gasteiger partial charge in [0.05, 0.1) is 22.4 Å². The fraction of sp³-hybridized carbons (Fsp3) is 0.0612. The van der Waals surface area contributed by atoms with Crippen molar-refractivity contribution in [2.24, 2.45) is 0 Å². The molecule has 0 spiro atoms. The normalized spacial score (nSPS) is 13.0. The summed E-state index contributed by atoms with van der Waals surface area (Å²) in [5.74, 6) is 0.709. The van der Waals surface area contributed by atoms with E-state index in [4.69, 9.17) is 9.97 Å². The predicted octanol–water partition coefficient (Wildman–Crippen LogP) is 12.5. The van der Waals surface area contributed by atoms with E-state index in [0.29, 0.717) is 5.82 Å². The van der Waals surface area contributed by atoms with Gasteiger partial charge >= 0.3 is 0 Å². The molecule has 0 aliphatic heterocycles. The lowest BCUT2D eigenvalue weighted by Crippen LogP contribution is -2.16. The average Bonchev–Trinajstić information content (AvgIpc) is 3.67. The summed E-state index contributed by atoms with van der Waals surface area (Å²) in [6.45, 7) is 4.72. The maximum atomic E-state index is 5.29. The number of para-hydroxylation sites is 1. The Balaban J connectivity index is 1.26. The van der Waals surface area contributed by atoms with Crippen LogP contribution in [0.25, 0.3) is 83.6 Å². The van der Waals surface area contributed by atoms with E-state index in [0.717, 1.165) is 50.2 Å². The molecule has 246 valence electrons. The molecule has 0 saturated carbocycles. The minimum absolute atomic E-state index is 0.125. The molecule has 0 N–H and O–H groups in total. The fourth-order valence-corrected chi connectivity index (χ4v) is 8.45. The zero-order valence-corrected chi connectivity index (χ0v) is 29.1. The number of aromatic nitrogens is 3. The van der Waals surface area contributed by atoms with E-state index in [-0.39, 0.29) is 5.41 Å². The second-order valence-electron chi connectivity index (χ2n) is 14.2. The first-order chi connectivity index (χ1) is 25.6. The SMILES string of the molecule is CC1(C)c2ccccc2-c2cccc(-c3ccc4c(c3)c3c(-c5nc(-c6ccccc6)cc(-c6ccccc6)n5)cccc3n4-c3ccccc3)c21. The number of benzene rings is 7. The van der Waals surface area contributed by atoms with Crippen LogP contribution in [0.4, 0.5) is 0 Å². The molecule has 0 unspecified atom stereocenters. The molecule has 2 aromatic heterocycles. The van der Waals surface area contributed by atoms with E-state index in [1.54, 1.807) is 0 Å². The lowest BCUT2D eigenvalue weighted by Gasteiger charge is -2.24. The van der Waals surface area contributed by atoms with Gasteiger partial charge in [0.25, 0.3) is 0 Å². The third-order valence-corrected chi connectivity index (χ3v) is 10.8. The maximum Gasteiger partial charge on any atom is 0.161 e. The highest BCUT2D eigenvalue weighted by Crippen LogP contribution is 2.52. The number of rotatable bonds is 5. The Hall–Kier alpha value is -6.58. The number of hydrogen-bond acceptors (Lipinski definition) is 2. The van der Waals surface area contributed by atoms with Gasteiger partial charge in [0.15, 0.2) is 5.82 Å². The summed E-state index contributed by atoms with van der Waals surface area (Å²) in [6.07, 6.45) is 0. The van der Waals surface area contributed by atoms with Crippen molar-refractivity contribution in [3.8, 4) is 61.8 Å². The van der Waals surface area contributed by atoms with Gasteiger partial charge in [-0.2, -0.15) is 0 Å². The molecule has 0 atom stereocenters. The van der Waals surface area contributed by atoms with E-state index in [9.17, 15) is 0 Å². The highest BCUT2D eigenvalue weighted by Gasteiger charge is 2.37. The Labute approximate surface area is 303 Å². The highest BCUT2D eigenvalue weighted by atomic mass is 15.0. The summed E-state index contributed by atoms with van der Waals surface area (Å²) in [4.78, 5) is 10.6. The van der Waals surface area contributed by atoms with Gasteiger partial charge in [-0.3, -0.25) is 0 Å². The number of hydrogen-bond donors (Lipinski definition) is 0. The molecule has 7 aromatic carbocycles. The zero-order chi connectivity index (χ0) is 34.8. The van der Waals surface area contributed by atoms with Gasteiger partial charge in [-0.1, -0.05) is 153 Å². The molecular weight excluding hydrogens is 631 g/mol. The molecule has 0 saturated heterocycles. The van der Waals surface area contributed by atoms with Crippen molar-refractivity contribution in [3.05, 3.63) is 187 Å². The molecule has 3 nitrogen and oxygen atoms in total. The van der Waals surface area contributed by atoms with E-state index in [1.165, 1.54) is 38.8 Å². The smallest absolute Gasteiger partial charge is 0.161 e. The third-order valence-electron chi connectivity index (χ3n) is 10.8. The van der Waals surface area contributed by atoms with E-state index >= 15 is 0 Å². The Morgan fingerprint density at radius 2 is 1.02 bits per heavy atom. The Morgan fingerprint density at radius 3 is 1.73 bits per heavy atom. The largest absolute Gasteiger partial charge is 0.309 e. The van der Waals surface area contributed by atoms with Crippen LogP contribution in [0.15, 0.2) is 176 Å². The molecule has 1 aliphatic carbocycles. The predicted molar refractivity (Wildman–Crippen MR) is 216 cm³/mol. The van der Waals surface area contributed by atoms with E-state index < -0.39 is 0 Å². The van der Waals surface area contributed by atoms with Crippen LogP contribution in [0.3, 0.4) is 0 Å². The molecule has 0 radical (unpaired) electrons. The molecule has 0 amide bonds. The molecule has 52 heavy (non-hydrogen) atoms. The summed E-state index contributed by atoms with van der Waals surface area (Å²) in [6, 6.07) is 62.8. The highest BCUT2D eigenvalue weighted by molar-refractivity contribution is 6.16. The topological polar surface area (TPSA) is 30.7 Å². The monoisotopic (exact) mass is 665 g/mol. The summed E-state index contributed by atoms with van der Waals surface area (Å²) in [5, 5.41) is 2.32. The van der Waals surface area contributed by atoms with Crippen molar-refractivity contribution in [3.63, 3.8) is 0 Å². The first-order valence-corrected chi connectivity index (χ1v) is 17.9. The molecule has 1 aliphatic rings. The molecular formula is C49H35N3. The average molecular weight is 666 g/mol. The van der Waals surface area contributed by atoms with Crippen molar-refractivity contribution in [1.82, 2.24) is 14.5 Å². The third kappa shape index (κ3) is 4.66. The van der Waals surface area contributed by atoms with Crippen LogP contribution < -0.4 is 0 Å². The van der Waals surface area contributed by atoms with Crippen LogP contribution >= 0.6 is 0 Å². The fourth-order valence-electron chi connectivity index (χ4n) is 8.45. The van der Waals surface area contributed by atoms with Crippen molar-refractivity contribution < 1.29 is 0 Å². The van der Waals surface area contributed by atoms with Gasteiger partial charge in [0.1, 0.15) is 0 Å². The second-order valence-corrected chi connectivity index (χ2v) is 14.2. The summed E-state index contributed by atoms with van der Waals surface area (Å²) in [7, 11) is 0. The summed E-state index contributed by atoms with van der Waals surface area (Å²) >= 11 is 0. The standard InChI is InChI=1S/C49H35N3/c1-49(2)41-26-13-12-22-37(41)38-24-14-23-36(47(38)49)34-28-29-44-40(30-34)46-39(25-15-27-45(46)52(44)35-20-10-5-11-21-35)48-50-42(32-16-6-3-7-17-32)31-43(51-48)33-18-8-4-9-19-33/h3-31H,1-2H3. The van der Waals surface area contributed by atoms with Crippen molar-refractivity contribution in [2.45, 2.75) is 19.3 Å². The van der Waals surface area contributed by atoms with Crippen molar-refractivity contribution in [1.29, 1.82) is 0 Å². The number of nitrogens with zero attached hydrogens (tertiary/aromatic N) is 3.